The summed E-state index contributed by atoms with van der Waals surface area (Å²) in [6.45, 7) is 6.89. The standard InChI is InChI=1S/C32H58O13/c1-5-7-9-11-13-14-16-20(45-30-27(39)25(37)23(35)19(4)44-30)28(40)32(31(41)42,21(33)17-15-12-10-8-6-2)29-26(38)24(36)22(34)18(3)43-29/h18-27,29-30,33-39H,5-17H2,1-4H3,(H,41,42)/t18-,19-,20?,21?,22-,23-,24+,25+,26+,27+,29+,30-,32?/m0/s1. The number of aliphatic carboxylic acids is 1. The molecule has 264 valence electrons. The molecule has 0 radical (unpaired) electrons. The second-order valence-corrected chi connectivity index (χ2v) is 12.9. The van der Waals surface area contributed by atoms with Crippen LogP contribution >= 0.6 is 0 Å². The number of carbonyl (C=O) groups is 2. The van der Waals surface area contributed by atoms with Crippen LogP contribution in [0.5, 0.6) is 0 Å². The van der Waals surface area contributed by atoms with Crippen LogP contribution < -0.4 is 0 Å². The summed E-state index contributed by atoms with van der Waals surface area (Å²) in [6, 6.07) is 0. The van der Waals surface area contributed by atoms with E-state index in [1.807, 2.05) is 6.92 Å². The van der Waals surface area contributed by atoms with Crippen molar-refractivity contribution in [2.45, 2.75) is 185 Å². The van der Waals surface area contributed by atoms with Gasteiger partial charge in [-0.3, -0.25) is 9.59 Å². The highest BCUT2D eigenvalue weighted by molar-refractivity contribution is 6.07. The molecule has 0 spiro atoms. The fourth-order valence-corrected chi connectivity index (χ4v) is 6.39. The molecule has 2 fully saturated rings. The van der Waals surface area contributed by atoms with Crippen molar-refractivity contribution >= 4 is 11.8 Å². The van der Waals surface area contributed by atoms with E-state index in [0.717, 1.165) is 44.9 Å². The first-order valence-corrected chi connectivity index (χ1v) is 16.8. The zero-order valence-corrected chi connectivity index (χ0v) is 27.2. The number of carbonyl (C=O) groups excluding carboxylic acids is 1. The number of aliphatic hydroxyl groups excluding tert-OH is 7. The number of Topliss-reactive ketones (excluding diaryl/α,β-unsaturated/α-hetero) is 1. The maximum Gasteiger partial charge on any atom is 0.322 e. The molecule has 2 rings (SSSR count). The molecule has 13 atom stereocenters. The van der Waals surface area contributed by atoms with Crippen molar-refractivity contribution in [3.8, 4) is 0 Å². The highest BCUT2D eigenvalue weighted by atomic mass is 16.7. The lowest BCUT2D eigenvalue weighted by Gasteiger charge is -2.49. The predicted octanol–water partition coefficient (Wildman–Crippen LogP) is 1.18. The topological polar surface area (TPSA) is 224 Å². The Morgan fingerprint density at radius 1 is 0.667 bits per heavy atom. The van der Waals surface area contributed by atoms with Crippen molar-refractivity contribution < 1.29 is 64.7 Å². The quantitative estimate of drug-likeness (QED) is 0.0686. The van der Waals surface area contributed by atoms with Crippen LogP contribution in [0, 0.1) is 5.41 Å². The van der Waals surface area contributed by atoms with Gasteiger partial charge in [0.2, 0.25) is 0 Å². The van der Waals surface area contributed by atoms with E-state index in [-0.39, 0.29) is 12.8 Å². The van der Waals surface area contributed by atoms with Gasteiger partial charge in [0.15, 0.2) is 17.5 Å². The zero-order chi connectivity index (χ0) is 33.9. The maximum absolute atomic E-state index is 14.6. The minimum atomic E-state index is -2.85. The van der Waals surface area contributed by atoms with Gasteiger partial charge >= 0.3 is 5.97 Å². The Balaban J connectivity index is 2.54. The number of ether oxygens (including phenoxy) is 3. The van der Waals surface area contributed by atoms with E-state index in [1.165, 1.54) is 13.8 Å². The van der Waals surface area contributed by atoms with E-state index in [2.05, 4.69) is 6.92 Å². The van der Waals surface area contributed by atoms with Gasteiger partial charge in [-0.25, -0.2) is 0 Å². The molecule has 2 heterocycles. The van der Waals surface area contributed by atoms with Crippen molar-refractivity contribution in [3.05, 3.63) is 0 Å². The van der Waals surface area contributed by atoms with Gasteiger partial charge < -0.3 is 55.1 Å². The van der Waals surface area contributed by atoms with Crippen molar-refractivity contribution in [3.63, 3.8) is 0 Å². The average Bonchev–Trinajstić information content (AvgIpc) is 3.00. The molecule has 13 nitrogen and oxygen atoms in total. The van der Waals surface area contributed by atoms with Crippen molar-refractivity contribution in [2.75, 3.05) is 0 Å². The summed E-state index contributed by atoms with van der Waals surface area (Å²) < 4.78 is 17.2. The van der Waals surface area contributed by atoms with Gasteiger partial charge in [0, 0.05) is 0 Å². The lowest BCUT2D eigenvalue weighted by Crippen LogP contribution is -2.70. The summed E-state index contributed by atoms with van der Waals surface area (Å²) in [4.78, 5) is 28.0. The Kier molecular flexibility index (Phi) is 16.8. The van der Waals surface area contributed by atoms with E-state index in [4.69, 9.17) is 14.2 Å². The van der Waals surface area contributed by atoms with Gasteiger partial charge in [-0.1, -0.05) is 84.5 Å². The summed E-state index contributed by atoms with van der Waals surface area (Å²) in [5, 5.41) is 85.6. The second-order valence-electron chi connectivity index (χ2n) is 12.9. The Labute approximate surface area is 266 Å². The maximum atomic E-state index is 14.6. The minimum absolute atomic E-state index is 0.0492. The first kappa shape index (κ1) is 39.9. The van der Waals surface area contributed by atoms with Gasteiger partial charge in [-0.15, -0.1) is 0 Å². The second kappa shape index (κ2) is 18.9. The van der Waals surface area contributed by atoms with Gasteiger partial charge in [0.25, 0.3) is 0 Å². The van der Waals surface area contributed by atoms with Gasteiger partial charge in [-0.05, 0) is 26.7 Å². The number of hydrogen-bond donors (Lipinski definition) is 8. The van der Waals surface area contributed by atoms with E-state index in [0.29, 0.717) is 25.7 Å². The number of hydrogen-bond acceptors (Lipinski definition) is 12. The normalized spacial score (nSPS) is 35.0. The Bertz CT molecular complexity index is 889. The van der Waals surface area contributed by atoms with Crippen LogP contribution in [0.4, 0.5) is 0 Å². The molecule has 8 N–H and O–H groups in total. The van der Waals surface area contributed by atoms with E-state index in [1.54, 1.807) is 0 Å². The summed E-state index contributed by atoms with van der Waals surface area (Å²) in [6.07, 6.45) is -11.3. The summed E-state index contributed by atoms with van der Waals surface area (Å²) in [5.41, 5.74) is -2.85. The zero-order valence-electron chi connectivity index (χ0n) is 27.2. The van der Waals surface area contributed by atoms with Gasteiger partial charge in [0.05, 0.1) is 18.3 Å². The Morgan fingerprint density at radius 3 is 1.67 bits per heavy atom. The number of carboxylic acids is 1. The van der Waals surface area contributed by atoms with Crippen LogP contribution in [0.15, 0.2) is 0 Å². The van der Waals surface area contributed by atoms with Crippen LogP contribution in [0.1, 0.15) is 111 Å². The van der Waals surface area contributed by atoms with Crippen LogP contribution in [0.3, 0.4) is 0 Å². The fourth-order valence-electron chi connectivity index (χ4n) is 6.39. The first-order valence-electron chi connectivity index (χ1n) is 16.8. The molecule has 13 heteroatoms. The van der Waals surface area contributed by atoms with Crippen molar-refractivity contribution in [2.24, 2.45) is 5.41 Å². The number of rotatable bonds is 20. The molecule has 3 unspecified atom stereocenters. The molecule has 0 aromatic heterocycles. The molecule has 0 aromatic rings. The van der Waals surface area contributed by atoms with Crippen molar-refractivity contribution in [1.29, 1.82) is 0 Å². The molecule has 0 aromatic carbocycles. The van der Waals surface area contributed by atoms with E-state index < -0.39 is 90.6 Å². The molecule has 0 saturated carbocycles. The number of aliphatic hydroxyl groups is 7. The minimum Gasteiger partial charge on any atom is -0.480 e. The van der Waals surface area contributed by atoms with Crippen LogP contribution in [-0.4, -0.2) is 126 Å². The fraction of sp³-hybridized carbons (Fsp3) is 0.938. The molecule has 2 aliphatic heterocycles. The van der Waals surface area contributed by atoms with Crippen molar-refractivity contribution in [1.82, 2.24) is 0 Å². The Hall–Kier alpha value is -1.26. The van der Waals surface area contributed by atoms with E-state index >= 15 is 0 Å². The highest BCUT2D eigenvalue weighted by Crippen LogP contribution is 2.42. The molecular weight excluding hydrogens is 592 g/mol. The van der Waals surface area contributed by atoms with Gasteiger partial charge in [-0.2, -0.15) is 0 Å². The lowest BCUT2D eigenvalue weighted by molar-refractivity contribution is -0.304. The molecule has 0 amide bonds. The SMILES string of the molecule is CCCCCCCCC(O[C@@H]1O[C@@H](C)[C@H](O)[C@@H](O)[C@H]1O)C(=O)C(C(=O)O)(C(O)CCCCCCC)[C@@H]1O[C@@H](C)[C@H](O)[C@@H](O)[C@H]1O. The highest BCUT2D eigenvalue weighted by Gasteiger charge is 2.65. The largest absolute Gasteiger partial charge is 0.480 e. The third-order valence-electron chi connectivity index (χ3n) is 9.39. The molecular formula is C32H58O13. The number of carboxylic acid groups (broad SMARTS) is 1. The summed E-state index contributed by atoms with van der Waals surface area (Å²) in [5.74, 6) is -2.97. The lowest BCUT2D eigenvalue weighted by atomic mass is 9.66. The predicted molar refractivity (Wildman–Crippen MR) is 162 cm³/mol. The average molecular weight is 651 g/mol. The number of unbranched alkanes of at least 4 members (excludes halogenated alkanes) is 9. The van der Waals surface area contributed by atoms with Crippen LogP contribution in [-0.2, 0) is 23.8 Å². The van der Waals surface area contributed by atoms with Crippen LogP contribution in [0.2, 0.25) is 0 Å². The molecule has 0 bridgehead atoms. The smallest absolute Gasteiger partial charge is 0.322 e. The third-order valence-corrected chi connectivity index (χ3v) is 9.39. The van der Waals surface area contributed by atoms with Crippen LogP contribution in [0.25, 0.3) is 0 Å². The molecule has 0 aliphatic carbocycles. The monoisotopic (exact) mass is 650 g/mol. The third kappa shape index (κ3) is 9.65. The van der Waals surface area contributed by atoms with Gasteiger partial charge in [0.1, 0.15) is 48.8 Å². The summed E-state index contributed by atoms with van der Waals surface area (Å²) in [7, 11) is 0. The molecule has 45 heavy (non-hydrogen) atoms. The number of ketones is 1. The Morgan fingerprint density at radius 2 is 1.13 bits per heavy atom. The van der Waals surface area contributed by atoms with E-state index in [9.17, 15) is 50.4 Å². The molecule has 2 aliphatic rings. The first-order chi connectivity index (χ1) is 21.3. The molecule has 2 saturated heterocycles. The summed E-state index contributed by atoms with van der Waals surface area (Å²) >= 11 is 0.